The number of hydrogen-bond acceptors (Lipinski definition) is 4. The highest BCUT2D eigenvalue weighted by Crippen LogP contribution is 2.38. The molecule has 102 valence electrons. The zero-order valence-electron chi connectivity index (χ0n) is 9.64. The number of aromatic nitrogens is 3. The minimum Gasteiger partial charge on any atom is -0.368 e. The first kappa shape index (κ1) is 13.7. The van der Waals surface area contributed by atoms with E-state index in [1.165, 1.54) is 0 Å². The monoisotopic (exact) mass is 335 g/mol. The first-order chi connectivity index (χ1) is 8.77. The fourth-order valence-electron chi connectivity index (χ4n) is 1.51. The predicted molar refractivity (Wildman–Crippen MR) is 68.0 cm³/mol. The molecule has 1 aromatic carbocycles. The van der Waals surface area contributed by atoms with Gasteiger partial charge in [-0.3, -0.25) is 0 Å². The molecule has 5 nitrogen and oxygen atoms in total. The lowest BCUT2D eigenvalue weighted by Crippen LogP contribution is -2.08. The number of nitrogens with zero attached hydrogens (tertiary/aromatic N) is 2. The van der Waals surface area contributed by atoms with E-state index in [1.54, 1.807) is 13.0 Å². The highest BCUT2D eigenvalue weighted by molar-refractivity contribution is 9.10. The van der Waals surface area contributed by atoms with Crippen LogP contribution in [0.5, 0.6) is 0 Å². The summed E-state index contributed by atoms with van der Waals surface area (Å²) in [5, 5.41) is 8.72. The topological polar surface area (TPSA) is 79.6 Å². The number of benzene rings is 1. The Labute approximate surface area is 114 Å². The third-order valence-electron chi connectivity index (χ3n) is 2.32. The second kappa shape index (κ2) is 4.72. The van der Waals surface area contributed by atoms with Crippen molar-refractivity contribution in [3.63, 3.8) is 0 Å². The molecule has 0 aliphatic rings. The Morgan fingerprint density at radius 2 is 2.05 bits per heavy atom. The minimum absolute atomic E-state index is 0.0139. The number of nitrogen functional groups attached to an aromatic ring is 1. The van der Waals surface area contributed by atoms with Gasteiger partial charge in [0.25, 0.3) is 0 Å². The van der Waals surface area contributed by atoms with Crippen molar-refractivity contribution in [3.8, 4) is 0 Å². The second-order valence-corrected chi connectivity index (χ2v) is 4.61. The Balaban J connectivity index is 2.39. The number of H-pyrrole nitrogens is 1. The Bertz CT molecular complexity index is 608. The van der Waals surface area contributed by atoms with Crippen LogP contribution in [-0.2, 0) is 6.18 Å². The van der Waals surface area contributed by atoms with Crippen LogP contribution in [0.3, 0.4) is 0 Å². The fraction of sp³-hybridized carbons (Fsp3) is 0.200. The first-order valence-corrected chi connectivity index (χ1v) is 5.89. The summed E-state index contributed by atoms with van der Waals surface area (Å²) in [4.78, 5) is 3.76. The standard InChI is InChI=1S/C10H9BrF3N5/c1-4-2-5(16-9-17-8(15)18-19-9)3-6(7(4)11)10(12,13)14/h2-3H,1H3,(H4,15,16,17,18,19). The lowest BCUT2D eigenvalue weighted by molar-refractivity contribution is -0.138. The van der Waals surface area contributed by atoms with Crippen LogP contribution < -0.4 is 11.1 Å². The quantitative estimate of drug-likeness (QED) is 0.787. The molecule has 0 radical (unpaired) electrons. The highest BCUT2D eigenvalue weighted by Gasteiger charge is 2.34. The molecule has 19 heavy (non-hydrogen) atoms. The van der Waals surface area contributed by atoms with E-state index >= 15 is 0 Å². The predicted octanol–water partition coefficient (Wildman–Crippen LogP) is 3.22. The molecule has 0 saturated carbocycles. The van der Waals surface area contributed by atoms with Gasteiger partial charge < -0.3 is 11.1 Å². The number of hydrogen-bond donors (Lipinski definition) is 3. The van der Waals surface area contributed by atoms with E-state index in [9.17, 15) is 13.2 Å². The summed E-state index contributed by atoms with van der Waals surface area (Å²) in [7, 11) is 0. The van der Waals surface area contributed by atoms with E-state index in [0.717, 1.165) is 6.07 Å². The molecular weight excluding hydrogens is 327 g/mol. The summed E-state index contributed by atoms with van der Waals surface area (Å²) >= 11 is 2.93. The average Bonchev–Trinajstić information content (AvgIpc) is 2.67. The number of halogens is 4. The SMILES string of the molecule is Cc1cc(Nc2n[nH]c(N)n2)cc(C(F)(F)F)c1Br. The van der Waals surface area contributed by atoms with Crippen LogP contribution in [0.15, 0.2) is 16.6 Å². The molecule has 0 amide bonds. The molecule has 2 aromatic rings. The minimum atomic E-state index is -4.45. The van der Waals surface area contributed by atoms with Gasteiger partial charge >= 0.3 is 6.18 Å². The third kappa shape index (κ3) is 2.98. The van der Waals surface area contributed by atoms with Gasteiger partial charge in [0.15, 0.2) is 0 Å². The van der Waals surface area contributed by atoms with Crippen LogP contribution in [0.25, 0.3) is 0 Å². The summed E-state index contributed by atoms with van der Waals surface area (Å²) in [5.41, 5.74) is 5.24. The lowest BCUT2D eigenvalue weighted by atomic mass is 10.1. The molecule has 1 heterocycles. The van der Waals surface area contributed by atoms with Crippen LogP contribution in [-0.4, -0.2) is 15.2 Å². The third-order valence-corrected chi connectivity index (χ3v) is 3.37. The fourth-order valence-corrected chi connectivity index (χ4v) is 1.96. The maximum absolute atomic E-state index is 12.8. The summed E-state index contributed by atoms with van der Waals surface area (Å²) in [5.74, 6) is 0.180. The van der Waals surface area contributed by atoms with Gasteiger partial charge in [-0.05, 0) is 40.5 Å². The van der Waals surface area contributed by atoms with Crippen LogP contribution in [0.4, 0.5) is 30.8 Å². The van der Waals surface area contributed by atoms with Gasteiger partial charge in [-0.25, -0.2) is 5.10 Å². The molecule has 4 N–H and O–H groups in total. The van der Waals surface area contributed by atoms with Gasteiger partial charge in [0.1, 0.15) is 0 Å². The normalized spacial score (nSPS) is 11.6. The zero-order chi connectivity index (χ0) is 14.2. The number of aromatic amines is 1. The van der Waals surface area contributed by atoms with E-state index in [1.807, 2.05) is 0 Å². The van der Waals surface area contributed by atoms with E-state index in [2.05, 4.69) is 36.4 Å². The van der Waals surface area contributed by atoms with Gasteiger partial charge in [-0.15, -0.1) is 5.10 Å². The molecular formula is C10H9BrF3N5. The van der Waals surface area contributed by atoms with Crippen molar-refractivity contribution in [2.75, 3.05) is 11.1 Å². The van der Waals surface area contributed by atoms with Crippen molar-refractivity contribution in [1.82, 2.24) is 15.2 Å². The van der Waals surface area contributed by atoms with Crippen molar-refractivity contribution >= 4 is 33.5 Å². The van der Waals surface area contributed by atoms with Crippen molar-refractivity contribution in [1.29, 1.82) is 0 Å². The number of nitrogens with two attached hydrogens (primary N) is 1. The van der Waals surface area contributed by atoms with Gasteiger partial charge in [0, 0.05) is 10.2 Å². The zero-order valence-corrected chi connectivity index (χ0v) is 11.2. The van der Waals surface area contributed by atoms with Crippen LogP contribution in [0.1, 0.15) is 11.1 Å². The van der Waals surface area contributed by atoms with Crippen molar-refractivity contribution in [3.05, 3.63) is 27.7 Å². The highest BCUT2D eigenvalue weighted by atomic mass is 79.9. The summed E-state index contributed by atoms with van der Waals surface area (Å²) < 4.78 is 38.5. The molecule has 0 bridgehead atoms. The largest absolute Gasteiger partial charge is 0.417 e. The molecule has 9 heteroatoms. The van der Waals surface area contributed by atoms with E-state index in [0.29, 0.717) is 5.56 Å². The molecule has 1 aromatic heterocycles. The van der Waals surface area contributed by atoms with Gasteiger partial charge in [0.05, 0.1) is 5.56 Å². The Hall–Kier alpha value is -1.77. The van der Waals surface area contributed by atoms with E-state index in [-0.39, 0.29) is 22.1 Å². The number of aryl methyl sites for hydroxylation is 1. The molecule has 0 unspecified atom stereocenters. The molecule has 0 spiro atoms. The lowest BCUT2D eigenvalue weighted by Gasteiger charge is -2.13. The van der Waals surface area contributed by atoms with Crippen molar-refractivity contribution < 1.29 is 13.2 Å². The number of rotatable bonds is 2. The maximum atomic E-state index is 12.8. The first-order valence-electron chi connectivity index (χ1n) is 5.09. The maximum Gasteiger partial charge on any atom is 0.417 e. The Morgan fingerprint density at radius 1 is 1.37 bits per heavy atom. The molecule has 2 rings (SSSR count). The van der Waals surface area contributed by atoms with Gasteiger partial charge in [-0.1, -0.05) is 0 Å². The van der Waals surface area contributed by atoms with Crippen molar-refractivity contribution in [2.45, 2.75) is 13.1 Å². The van der Waals surface area contributed by atoms with Gasteiger partial charge in [0.2, 0.25) is 11.9 Å². The van der Waals surface area contributed by atoms with Crippen LogP contribution in [0, 0.1) is 6.92 Å². The molecule has 0 aliphatic carbocycles. The molecule has 0 atom stereocenters. The van der Waals surface area contributed by atoms with Crippen LogP contribution >= 0.6 is 15.9 Å². The van der Waals surface area contributed by atoms with E-state index in [4.69, 9.17) is 5.73 Å². The number of nitrogens with one attached hydrogen (secondary N) is 2. The Morgan fingerprint density at radius 3 is 2.58 bits per heavy atom. The summed E-state index contributed by atoms with van der Waals surface area (Å²) in [6.07, 6.45) is -4.45. The summed E-state index contributed by atoms with van der Waals surface area (Å²) in [6.45, 7) is 1.57. The average molecular weight is 336 g/mol. The molecule has 0 saturated heterocycles. The number of anilines is 3. The van der Waals surface area contributed by atoms with Crippen molar-refractivity contribution in [2.24, 2.45) is 0 Å². The van der Waals surface area contributed by atoms with E-state index < -0.39 is 11.7 Å². The second-order valence-electron chi connectivity index (χ2n) is 3.82. The molecule has 0 fully saturated rings. The molecule has 0 aliphatic heterocycles. The smallest absolute Gasteiger partial charge is 0.368 e. The summed E-state index contributed by atoms with van der Waals surface area (Å²) in [6, 6.07) is 2.52. The Kier molecular flexibility index (Phi) is 3.40. The van der Waals surface area contributed by atoms with Gasteiger partial charge in [-0.2, -0.15) is 18.2 Å². The van der Waals surface area contributed by atoms with Crippen LogP contribution in [0.2, 0.25) is 0 Å². The number of alkyl halides is 3.